The van der Waals surface area contributed by atoms with Gasteiger partial charge in [-0.05, 0) is 55.9 Å². The van der Waals surface area contributed by atoms with E-state index in [9.17, 15) is 18.0 Å². The highest BCUT2D eigenvalue weighted by Gasteiger charge is 2.32. The van der Waals surface area contributed by atoms with Crippen molar-refractivity contribution in [2.75, 3.05) is 18.4 Å². The van der Waals surface area contributed by atoms with E-state index in [1.54, 1.807) is 0 Å². The van der Waals surface area contributed by atoms with Crippen LogP contribution in [0, 0.1) is 25.7 Å². The number of hydrogen-bond acceptors (Lipinski definition) is 5. The second-order valence-electron chi connectivity index (χ2n) is 9.22. The number of nitrogens with one attached hydrogen (secondary N) is 1. The fraction of sp³-hybridized carbons (Fsp3) is 0.417. The lowest BCUT2D eigenvalue weighted by molar-refractivity contribution is -0.116. The first-order chi connectivity index (χ1) is 15.5. The number of aromatic nitrogens is 1. The summed E-state index contributed by atoms with van der Waals surface area (Å²) in [5, 5.41) is 2.81. The molecular weight excluding hydrogens is 442 g/mol. The number of anilines is 1. The maximum absolute atomic E-state index is 13.2. The Labute approximate surface area is 193 Å². The van der Waals surface area contributed by atoms with Crippen molar-refractivity contribution >= 4 is 32.7 Å². The highest BCUT2D eigenvalue weighted by Crippen LogP contribution is 2.28. The first-order valence-corrected chi connectivity index (χ1v) is 12.5. The molecule has 0 bridgehead atoms. The molecule has 0 unspecified atom stereocenters. The Morgan fingerprint density at radius 1 is 1.09 bits per heavy atom. The maximum atomic E-state index is 13.2. The fourth-order valence-corrected chi connectivity index (χ4v) is 6.29. The second kappa shape index (κ2) is 8.79. The lowest BCUT2D eigenvalue weighted by Crippen LogP contribution is -2.42. The van der Waals surface area contributed by atoms with Crippen LogP contribution < -0.4 is 11.1 Å². The molecule has 3 aromatic rings. The van der Waals surface area contributed by atoms with Crippen LogP contribution in [0.4, 0.5) is 5.69 Å². The molecule has 1 aromatic heterocycles. The Morgan fingerprint density at radius 3 is 2.45 bits per heavy atom. The number of nitrogens with zero attached hydrogens (tertiary/aromatic N) is 2. The van der Waals surface area contributed by atoms with E-state index < -0.39 is 15.8 Å². The topological polar surface area (TPSA) is 102 Å². The molecule has 1 aliphatic heterocycles. The summed E-state index contributed by atoms with van der Waals surface area (Å²) in [6.07, 6.45) is 0.993. The van der Waals surface area contributed by atoms with Crippen molar-refractivity contribution in [3.8, 4) is 0 Å². The third-order valence-electron chi connectivity index (χ3n) is 6.07. The Hall–Kier alpha value is -2.91. The molecule has 2 atom stereocenters. The van der Waals surface area contributed by atoms with Crippen LogP contribution in [0.1, 0.15) is 31.4 Å². The van der Waals surface area contributed by atoms with E-state index in [-0.39, 0.29) is 34.8 Å². The van der Waals surface area contributed by atoms with Crippen molar-refractivity contribution in [3.63, 3.8) is 0 Å². The summed E-state index contributed by atoms with van der Waals surface area (Å²) in [7, 11) is -3.71. The van der Waals surface area contributed by atoms with Crippen molar-refractivity contribution < 1.29 is 17.6 Å². The van der Waals surface area contributed by atoms with Crippen LogP contribution in [0.25, 0.3) is 11.1 Å². The van der Waals surface area contributed by atoms with Gasteiger partial charge < -0.3 is 9.73 Å². The molecule has 0 spiro atoms. The largest absolute Gasteiger partial charge is 0.420 e. The van der Waals surface area contributed by atoms with Gasteiger partial charge in [-0.2, -0.15) is 4.31 Å². The van der Waals surface area contributed by atoms with Crippen LogP contribution in [-0.2, 0) is 21.4 Å². The molecule has 8 nitrogen and oxygen atoms in total. The molecule has 2 heterocycles. The highest BCUT2D eigenvalue weighted by molar-refractivity contribution is 7.89. The van der Waals surface area contributed by atoms with Gasteiger partial charge in [0.1, 0.15) is 6.54 Å². The molecule has 1 aliphatic rings. The van der Waals surface area contributed by atoms with E-state index in [2.05, 4.69) is 5.32 Å². The SMILES string of the molecule is Cc1ccc(NC(=O)Cn2c(=O)oc3cc(S(=O)(=O)N4C[C@H](C)C[C@@H](C)C4)ccc32)c(C)c1. The minimum Gasteiger partial charge on any atom is -0.408 e. The average molecular weight is 472 g/mol. The Balaban J connectivity index is 1.59. The molecular formula is C24H29N3O5S. The molecule has 176 valence electrons. The number of hydrogen-bond donors (Lipinski definition) is 1. The first kappa shape index (κ1) is 23.3. The van der Waals surface area contributed by atoms with Crippen LogP contribution in [0.2, 0.25) is 0 Å². The smallest absolute Gasteiger partial charge is 0.408 e. The molecule has 1 amide bonds. The normalized spacial score (nSPS) is 19.6. The highest BCUT2D eigenvalue weighted by atomic mass is 32.2. The second-order valence-corrected chi connectivity index (χ2v) is 11.2. The number of carbonyl (C=O) groups is 1. The lowest BCUT2D eigenvalue weighted by atomic mass is 9.94. The fourth-order valence-electron chi connectivity index (χ4n) is 4.60. The number of carbonyl (C=O) groups excluding carboxylic acids is 1. The number of aryl methyl sites for hydroxylation is 2. The zero-order valence-corrected chi connectivity index (χ0v) is 20.1. The quantitative estimate of drug-likeness (QED) is 0.614. The number of piperidine rings is 1. The Morgan fingerprint density at radius 2 is 1.79 bits per heavy atom. The molecule has 2 aromatic carbocycles. The van der Waals surface area contributed by atoms with E-state index in [0.717, 1.165) is 17.5 Å². The summed E-state index contributed by atoms with van der Waals surface area (Å²) < 4.78 is 34.4. The molecule has 1 saturated heterocycles. The van der Waals surface area contributed by atoms with E-state index in [4.69, 9.17) is 4.42 Å². The summed E-state index contributed by atoms with van der Waals surface area (Å²) in [5.74, 6) is -0.529. The number of oxazole rings is 1. The molecule has 4 rings (SSSR count). The van der Waals surface area contributed by atoms with E-state index >= 15 is 0 Å². The summed E-state index contributed by atoms with van der Waals surface area (Å²) in [5.41, 5.74) is 3.18. The van der Waals surface area contributed by atoms with E-state index in [0.29, 0.717) is 24.3 Å². The van der Waals surface area contributed by atoms with Gasteiger partial charge in [-0.15, -0.1) is 0 Å². The standard InChI is InChI=1S/C24H29N3O5S/c1-15-5-7-20(18(4)10-15)25-23(28)14-27-21-8-6-19(11-22(21)32-24(27)29)33(30,31)26-12-16(2)9-17(3)13-26/h5-8,10-11,16-17H,9,12-14H2,1-4H3,(H,25,28)/t16-,17-/m1/s1. The predicted molar refractivity (Wildman–Crippen MR) is 127 cm³/mol. The van der Waals surface area contributed by atoms with E-state index in [1.807, 2.05) is 45.9 Å². The third-order valence-corrected chi connectivity index (χ3v) is 7.90. The van der Waals surface area contributed by atoms with Crippen molar-refractivity contribution in [1.29, 1.82) is 0 Å². The van der Waals surface area contributed by atoms with Gasteiger partial charge in [0.05, 0.1) is 10.4 Å². The summed E-state index contributed by atoms with van der Waals surface area (Å²) >= 11 is 0. The average Bonchev–Trinajstić information content (AvgIpc) is 3.03. The zero-order chi connectivity index (χ0) is 23.9. The number of rotatable bonds is 5. The number of amides is 1. The Bertz CT molecular complexity index is 1360. The zero-order valence-electron chi connectivity index (χ0n) is 19.3. The van der Waals surface area contributed by atoms with Crippen LogP contribution in [-0.4, -0.2) is 36.3 Å². The molecule has 0 saturated carbocycles. The van der Waals surface area contributed by atoms with Gasteiger partial charge in [-0.3, -0.25) is 9.36 Å². The molecule has 9 heteroatoms. The van der Waals surface area contributed by atoms with E-state index in [1.165, 1.54) is 27.1 Å². The van der Waals surface area contributed by atoms with Gasteiger partial charge in [0, 0.05) is 24.8 Å². The molecule has 1 N–H and O–H groups in total. The van der Waals surface area contributed by atoms with Crippen molar-refractivity contribution in [2.45, 2.75) is 45.6 Å². The molecule has 33 heavy (non-hydrogen) atoms. The lowest BCUT2D eigenvalue weighted by Gasteiger charge is -2.34. The molecule has 1 fully saturated rings. The van der Waals surface area contributed by atoms with Crippen molar-refractivity contribution in [3.05, 3.63) is 58.1 Å². The number of sulfonamides is 1. The minimum atomic E-state index is -3.71. The van der Waals surface area contributed by atoms with Gasteiger partial charge in [0.2, 0.25) is 15.9 Å². The number of fused-ring (bicyclic) bond motifs is 1. The molecule has 0 aliphatic carbocycles. The molecule has 0 radical (unpaired) electrons. The summed E-state index contributed by atoms with van der Waals surface area (Å²) in [6, 6.07) is 10.0. The first-order valence-electron chi connectivity index (χ1n) is 11.0. The van der Waals surface area contributed by atoms with Gasteiger partial charge in [0.15, 0.2) is 5.58 Å². The van der Waals surface area contributed by atoms with Crippen LogP contribution in [0.3, 0.4) is 0 Å². The van der Waals surface area contributed by atoms with Crippen molar-refractivity contribution in [2.24, 2.45) is 11.8 Å². The van der Waals surface area contributed by atoms with Crippen LogP contribution in [0.15, 0.2) is 50.5 Å². The van der Waals surface area contributed by atoms with Crippen molar-refractivity contribution in [1.82, 2.24) is 8.87 Å². The van der Waals surface area contributed by atoms with Gasteiger partial charge in [0.25, 0.3) is 0 Å². The summed E-state index contributed by atoms with van der Waals surface area (Å²) in [6.45, 7) is 8.65. The van der Waals surface area contributed by atoms with Gasteiger partial charge in [-0.1, -0.05) is 31.5 Å². The maximum Gasteiger partial charge on any atom is 0.420 e. The van der Waals surface area contributed by atoms with Crippen LogP contribution in [0.5, 0.6) is 0 Å². The van der Waals surface area contributed by atoms with Gasteiger partial charge >= 0.3 is 5.76 Å². The third kappa shape index (κ3) is 4.74. The van der Waals surface area contributed by atoms with Crippen LogP contribution >= 0.6 is 0 Å². The number of benzene rings is 2. The predicted octanol–water partition coefficient (Wildman–Crippen LogP) is 3.52. The minimum absolute atomic E-state index is 0.0805. The monoisotopic (exact) mass is 471 g/mol. The summed E-state index contributed by atoms with van der Waals surface area (Å²) in [4.78, 5) is 25.1. The Kier molecular flexibility index (Phi) is 6.20. The van der Waals surface area contributed by atoms with Gasteiger partial charge in [-0.25, -0.2) is 13.2 Å².